The van der Waals surface area contributed by atoms with Gasteiger partial charge in [-0.2, -0.15) is 0 Å². The van der Waals surface area contributed by atoms with Gasteiger partial charge in [-0.3, -0.25) is 4.98 Å². The zero-order valence-corrected chi connectivity index (χ0v) is 16.4. The first-order valence-corrected chi connectivity index (χ1v) is 10.2. The zero-order chi connectivity index (χ0) is 19.9. The highest BCUT2D eigenvalue weighted by Crippen LogP contribution is 2.37. The number of nitrogens with zero attached hydrogens (tertiary/aromatic N) is 1. The Kier molecular flexibility index (Phi) is 3.85. The fourth-order valence-corrected chi connectivity index (χ4v) is 4.46. The lowest BCUT2D eigenvalue weighted by Gasteiger charge is -2.12. The van der Waals surface area contributed by atoms with Crippen LogP contribution < -0.4 is 0 Å². The van der Waals surface area contributed by atoms with Crippen molar-refractivity contribution in [1.29, 1.82) is 0 Å². The highest BCUT2D eigenvalue weighted by molar-refractivity contribution is 6.25. The third kappa shape index (κ3) is 2.67. The first kappa shape index (κ1) is 16.9. The number of hydrogen-bond donors (Lipinski definition) is 0. The SMILES string of the molecule is c1ccc(-c2cc(-c3ccc4c5ccccc5c5ccccc5c4c3)ccn2)cc1. The molecule has 0 amide bonds. The number of rotatable bonds is 2. The number of benzene rings is 5. The predicted octanol–water partition coefficient (Wildman–Crippen LogP) is 7.88. The van der Waals surface area contributed by atoms with E-state index in [0.717, 1.165) is 11.3 Å². The van der Waals surface area contributed by atoms with Crippen molar-refractivity contribution in [2.45, 2.75) is 0 Å². The van der Waals surface area contributed by atoms with E-state index in [0.29, 0.717) is 0 Å². The average molecular weight is 381 g/mol. The van der Waals surface area contributed by atoms with Gasteiger partial charge in [0.1, 0.15) is 0 Å². The Balaban J connectivity index is 1.61. The van der Waals surface area contributed by atoms with E-state index in [1.165, 1.54) is 43.4 Å². The standard InChI is InChI=1S/C29H19N/c1-2-8-20(9-3-1)29-19-22(16-17-30-29)21-14-15-27-25-12-5-4-10-23(25)24-11-6-7-13-26(24)28(27)18-21/h1-19H. The van der Waals surface area contributed by atoms with Crippen LogP contribution in [0.5, 0.6) is 0 Å². The minimum atomic E-state index is 0.997. The van der Waals surface area contributed by atoms with E-state index < -0.39 is 0 Å². The summed E-state index contributed by atoms with van der Waals surface area (Å²) >= 11 is 0. The van der Waals surface area contributed by atoms with Crippen LogP contribution in [0, 0.1) is 0 Å². The lowest BCUT2D eigenvalue weighted by molar-refractivity contribution is 1.33. The van der Waals surface area contributed by atoms with Gasteiger partial charge in [0.05, 0.1) is 5.69 Å². The van der Waals surface area contributed by atoms with Gasteiger partial charge in [0.2, 0.25) is 0 Å². The van der Waals surface area contributed by atoms with Crippen molar-refractivity contribution in [2.24, 2.45) is 0 Å². The molecular weight excluding hydrogens is 362 g/mol. The Morgan fingerprint density at radius 1 is 0.367 bits per heavy atom. The molecule has 140 valence electrons. The van der Waals surface area contributed by atoms with E-state index in [1.54, 1.807) is 0 Å². The minimum absolute atomic E-state index is 0.997. The van der Waals surface area contributed by atoms with Gasteiger partial charge >= 0.3 is 0 Å². The van der Waals surface area contributed by atoms with Crippen LogP contribution >= 0.6 is 0 Å². The molecule has 0 saturated heterocycles. The molecule has 0 saturated carbocycles. The molecule has 1 nitrogen and oxygen atoms in total. The van der Waals surface area contributed by atoms with Gasteiger partial charge in [-0.15, -0.1) is 0 Å². The summed E-state index contributed by atoms with van der Waals surface area (Å²) in [5.41, 5.74) is 4.53. The van der Waals surface area contributed by atoms with Crippen molar-refractivity contribution in [3.63, 3.8) is 0 Å². The predicted molar refractivity (Wildman–Crippen MR) is 128 cm³/mol. The van der Waals surface area contributed by atoms with E-state index in [-0.39, 0.29) is 0 Å². The van der Waals surface area contributed by atoms with Crippen molar-refractivity contribution in [2.75, 3.05) is 0 Å². The normalized spacial score (nSPS) is 11.3. The maximum Gasteiger partial charge on any atom is 0.0708 e. The molecule has 0 bridgehead atoms. The summed E-state index contributed by atoms with van der Waals surface area (Å²) in [4.78, 5) is 4.59. The highest BCUT2D eigenvalue weighted by Gasteiger charge is 2.10. The molecule has 0 atom stereocenters. The largest absolute Gasteiger partial charge is 0.256 e. The van der Waals surface area contributed by atoms with Gasteiger partial charge in [0.15, 0.2) is 0 Å². The summed E-state index contributed by atoms with van der Waals surface area (Å²) in [6.07, 6.45) is 1.90. The second-order valence-corrected chi connectivity index (χ2v) is 7.65. The van der Waals surface area contributed by atoms with Crippen molar-refractivity contribution < 1.29 is 0 Å². The first-order chi connectivity index (χ1) is 14.9. The van der Waals surface area contributed by atoms with Gasteiger partial charge in [0, 0.05) is 11.8 Å². The lowest BCUT2D eigenvalue weighted by Crippen LogP contribution is -1.87. The monoisotopic (exact) mass is 381 g/mol. The molecule has 0 aliphatic rings. The van der Waals surface area contributed by atoms with E-state index in [9.17, 15) is 0 Å². The molecule has 1 heteroatoms. The number of fused-ring (bicyclic) bond motifs is 6. The molecule has 30 heavy (non-hydrogen) atoms. The Hall–Kier alpha value is -3.97. The quantitative estimate of drug-likeness (QED) is 0.278. The number of aromatic nitrogens is 1. The van der Waals surface area contributed by atoms with E-state index >= 15 is 0 Å². The van der Waals surface area contributed by atoms with Crippen LogP contribution in [0.2, 0.25) is 0 Å². The molecule has 0 spiro atoms. The molecule has 0 unspecified atom stereocenters. The smallest absolute Gasteiger partial charge is 0.0708 e. The molecule has 0 radical (unpaired) electrons. The van der Waals surface area contributed by atoms with Crippen LogP contribution in [-0.2, 0) is 0 Å². The van der Waals surface area contributed by atoms with Crippen molar-refractivity contribution in [1.82, 2.24) is 4.98 Å². The Morgan fingerprint density at radius 3 is 1.57 bits per heavy atom. The van der Waals surface area contributed by atoms with E-state index in [1.807, 2.05) is 12.3 Å². The van der Waals surface area contributed by atoms with E-state index in [4.69, 9.17) is 0 Å². The van der Waals surface area contributed by atoms with Crippen LogP contribution in [0.25, 0.3) is 54.7 Å². The molecule has 0 fully saturated rings. The second kappa shape index (κ2) is 6.82. The van der Waals surface area contributed by atoms with Crippen LogP contribution in [-0.4, -0.2) is 4.98 Å². The summed E-state index contributed by atoms with van der Waals surface area (Å²) in [5.74, 6) is 0. The fourth-order valence-electron chi connectivity index (χ4n) is 4.46. The summed E-state index contributed by atoms with van der Waals surface area (Å²) in [6.45, 7) is 0. The van der Waals surface area contributed by atoms with Gasteiger partial charge in [-0.25, -0.2) is 0 Å². The molecule has 1 aromatic heterocycles. The maximum atomic E-state index is 4.59. The minimum Gasteiger partial charge on any atom is -0.256 e. The molecule has 0 N–H and O–H groups in total. The lowest BCUT2D eigenvalue weighted by atomic mass is 9.92. The van der Waals surface area contributed by atoms with Gasteiger partial charge < -0.3 is 0 Å². The summed E-state index contributed by atoms with van der Waals surface area (Å²) in [5, 5.41) is 7.80. The molecule has 1 heterocycles. The average Bonchev–Trinajstić information content (AvgIpc) is 2.84. The third-order valence-corrected chi connectivity index (χ3v) is 5.91. The van der Waals surface area contributed by atoms with Crippen molar-refractivity contribution >= 4 is 32.3 Å². The summed E-state index contributed by atoms with van der Waals surface area (Å²) in [7, 11) is 0. The Labute approximate surface area is 175 Å². The molecular formula is C29H19N. The zero-order valence-electron chi connectivity index (χ0n) is 16.4. The van der Waals surface area contributed by atoms with Crippen LogP contribution in [0.4, 0.5) is 0 Å². The van der Waals surface area contributed by atoms with Crippen molar-refractivity contribution in [3.8, 4) is 22.4 Å². The highest BCUT2D eigenvalue weighted by atomic mass is 14.7. The molecule has 0 aliphatic heterocycles. The van der Waals surface area contributed by atoms with Gasteiger partial charge in [-0.1, -0.05) is 91.0 Å². The maximum absolute atomic E-state index is 4.59. The molecule has 0 aliphatic carbocycles. The van der Waals surface area contributed by atoms with Crippen molar-refractivity contribution in [3.05, 3.63) is 115 Å². The summed E-state index contributed by atoms with van der Waals surface area (Å²) < 4.78 is 0. The fraction of sp³-hybridized carbons (Fsp3) is 0. The topological polar surface area (TPSA) is 12.9 Å². The van der Waals surface area contributed by atoms with Gasteiger partial charge in [-0.05, 0) is 61.6 Å². The number of hydrogen-bond acceptors (Lipinski definition) is 1. The molecule has 5 aromatic carbocycles. The van der Waals surface area contributed by atoms with Crippen LogP contribution in [0.3, 0.4) is 0 Å². The first-order valence-electron chi connectivity index (χ1n) is 10.2. The van der Waals surface area contributed by atoms with Gasteiger partial charge in [0.25, 0.3) is 0 Å². The molecule has 6 rings (SSSR count). The third-order valence-electron chi connectivity index (χ3n) is 5.91. The number of pyridine rings is 1. The summed E-state index contributed by atoms with van der Waals surface area (Å²) in [6, 6.07) is 38.8. The molecule has 6 aromatic rings. The Bertz CT molecular complexity index is 1500. The van der Waals surface area contributed by atoms with E-state index in [2.05, 4.69) is 108 Å². The van der Waals surface area contributed by atoms with Crippen LogP contribution in [0.15, 0.2) is 115 Å². The van der Waals surface area contributed by atoms with Crippen LogP contribution in [0.1, 0.15) is 0 Å². The second-order valence-electron chi connectivity index (χ2n) is 7.65. The Morgan fingerprint density at radius 2 is 0.900 bits per heavy atom.